The number of imidazole rings is 1. The van der Waals surface area contributed by atoms with Crippen LogP contribution in [0.4, 0.5) is 5.69 Å². The molecule has 1 aromatic heterocycles. The van der Waals surface area contributed by atoms with Gasteiger partial charge in [0.2, 0.25) is 5.82 Å². The average Bonchev–Trinajstić information content (AvgIpc) is 2.87. The second-order valence-corrected chi connectivity index (χ2v) is 3.73. The molecule has 6 nitrogen and oxygen atoms in total. The van der Waals surface area contributed by atoms with Crippen molar-refractivity contribution in [3.8, 4) is 11.8 Å². The Kier molecular flexibility index (Phi) is 3.48. The maximum Gasteiger partial charge on any atom is 0.338 e. The summed E-state index contributed by atoms with van der Waals surface area (Å²) in [6.45, 7) is 2.04. The monoisotopic (exact) mass is 256 g/mol. The molecule has 0 radical (unpaired) electrons. The normalized spacial score (nSPS) is 9.89. The van der Waals surface area contributed by atoms with Gasteiger partial charge in [0.05, 0.1) is 23.5 Å². The zero-order valence-corrected chi connectivity index (χ0v) is 10.3. The van der Waals surface area contributed by atoms with Crippen molar-refractivity contribution < 1.29 is 9.53 Å². The molecule has 0 bridgehead atoms. The van der Waals surface area contributed by atoms with Crippen LogP contribution < -0.4 is 5.73 Å². The number of nitrogen functional groups attached to an aromatic ring is 1. The number of nitrogens with two attached hydrogens (primary N) is 1. The number of carbonyl (C=O) groups excluding carboxylic acids is 1. The highest BCUT2D eigenvalue weighted by molar-refractivity contribution is 5.91. The number of ether oxygens (including phenoxy) is 1. The van der Waals surface area contributed by atoms with Gasteiger partial charge in [-0.05, 0) is 25.1 Å². The second-order valence-electron chi connectivity index (χ2n) is 3.73. The number of anilines is 1. The highest BCUT2D eigenvalue weighted by atomic mass is 16.5. The lowest BCUT2D eigenvalue weighted by atomic mass is 10.1. The molecule has 0 spiro atoms. The maximum atomic E-state index is 11.6. The summed E-state index contributed by atoms with van der Waals surface area (Å²) in [5, 5.41) is 8.92. The first kappa shape index (κ1) is 12.6. The molecule has 0 aliphatic heterocycles. The van der Waals surface area contributed by atoms with E-state index in [-0.39, 0.29) is 5.82 Å². The van der Waals surface area contributed by atoms with Gasteiger partial charge in [-0.2, -0.15) is 5.26 Å². The van der Waals surface area contributed by atoms with Crippen molar-refractivity contribution in [2.24, 2.45) is 0 Å². The SMILES string of the molecule is CCOC(=O)c1ccc(-n2ccnc2C#N)c(N)c1. The molecule has 0 saturated heterocycles. The van der Waals surface area contributed by atoms with Crippen LogP contribution in [-0.2, 0) is 4.74 Å². The minimum absolute atomic E-state index is 0.232. The van der Waals surface area contributed by atoms with Crippen molar-refractivity contribution in [2.45, 2.75) is 6.92 Å². The van der Waals surface area contributed by atoms with Gasteiger partial charge in [0.1, 0.15) is 6.07 Å². The lowest BCUT2D eigenvalue weighted by molar-refractivity contribution is 0.0526. The number of nitrogens with zero attached hydrogens (tertiary/aromatic N) is 3. The Balaban J connectivity index is 2.41. The predicted octanol–water partition coefficient (Wildman–Crippen LogP) is 1.50. The van der Waals surface area contributed by atoms with Crippen LogP contribution in [0.25, 0.3) is 5.69 Å². The van der Waals surface area contributed by atoms with Crippen LogP contribution in [0.5, 0.6) is 0 Å². The molecule has 19 heavy (non-hydrogen) atoms. The van der Waals surface area contributed by atoms with Gasteiger partial charge in [0, 0.05) is 12.4 Å². The van der Waals surface area contributed by atoms with Crippen LogP contribution in [0, 0.1) is 11.3 Å². The van der Waals surface area contributed by atoms with Gasteiger partial charge in [-0.1, -0.05) is 0 Å². The van der Waals surface area contributed by atoms with E-state index in [4.69, 9.17) is 15.7 Å². The van der Waals surface area contributed by atoms with Gasteiger partial charge in [-0.15, -0.1) is 0 Å². The fourth-order valence-corrected chi connectivity index (χ4v) is 1.70. The summed E-state index contributed by atoms with van der Waals surface area (Å²) in [6.07, 6.45) is 3.14. The largest absolute Gasteiger partial charge is 0.462 e. The molecular formula is C13H12N4O2. The Morgan fingerprint density at radius 1 is 1.58 bits per heavy atom. The molecule has 0 amide bonds. The Labute approximate surface area is 110 Å². The number of carbonyl (C=O) groups is 1. The molecule has 2 aromatic rings. The van der Waals surface area contributed by atoms with Gasteiger partial charge < -0.3 is 10.5 Å². The third-order valence-electron chi connectivity index (χ3n) is 2.54. The fraction of sp³-hybridized carbons (Fsp3) is 0.154. The summed E-state index contributed by atoms with van der Waals surface area (Å²) in [6, 6.07) is 6.74. The lowest BCUT2D eigenvalue weighted by Gasteiger charge is -2.09. The minimum Gasteiger partial charge on any atom is -0.462 e. The molecule has 0 aliphatic rings. The lowest BCUT2D eigenvalue weighted by Crippen LogP contribution is -2.07. The zero-order valence-electron chi connectivity index (χ0n) is 10.3. The van der Waals surface area contributed by atoms with Crippen LogP contribution in [0.3, 0.4) is 0 Å². The Bertz CT molecular complexity index is 655. The standard InChI is InChI=1S/C13H12N4O2/c1-2-19-13(18)9-3-4-11(10(15)7-9)17-6-5-16-12(17)8-14/h3-7H,2,15H2,1H3. The maximum absolute atomic E-state index is 11.6. The van der Waals surface area contributed by atoms with Gasteiger partial charge in [0.15, 0.2) is 0 Å². The molecule has 0 aliphatic carbocycles. The van der Waals surface area contributed by atoms with Crippen LogP contribution in [0.15, 0.2) is 30.6 Å². The van der Waals surface area contributed by atoms with E-state index in [1.807, 2.05) is 6.07 Å². The quantitative estimate of drug-likeness (QED) is 0.663. The molecular weight excluding hydrogens is 244 g/mol. The highest BCUT2D eigenvalue weighted by Crippen LogP contribution is 2.20. The minimum atomic E-state index is -0.424. The summed E-state index contributed by atoms with van der Waals surface area (Å²) in [4.78, 5) is 15.5. The van der Waals surface area contributed by atoms with E-state index in [1.54, 1.807) is 29.8 Å². The van der Waals surface area contributed by atoms with Crippen molar-refractivity contribution in [1.29, 1.82) is 5.26 Å². The van der Waals surface area contributed by atoms with Crippen molar-refractivity contribution >= 4 is 11.7 Å². The van der Waals surface area contributed by atoms with E-state index in [0.29, 0.717) is 23.5 Å². The number of aromatic nitrogens is 2. The topological polar surface area (TPSA) is 93.9 Å². The first-order valence-electron chi connectivity index (χ1n) is 5.67. The van der Waals surface area contributed by atoms with Crippen molar-refractivity contribution in [3.05, 3.63) is 42.0 Å². The number of rotatable bonds is 3. The summed E-state index contributed by atoms with van der Waals surface area (Å²) in [5.41, 5.74) is 7.26. The van der Waals surface area contributed by atoms with E-state index in [0.717, 1.165) is 0 Å². The van der Waals surface area contributed by atoms with E-state index < -0.39 is 5.97 Å². The van der Waals surface area contributed by atoms with Gasteiger partial charge in [0.25, 0.3) is 0 Å². The average molecular weight is 256 g/mol. The summed E-state index contributed by atoms with van der Waals surface area (Å²) >= 11 is 0. The molecule has 6 heteroatoms. The third kappa shape index (κ3) is 2.40. The Morgan fingerprint density at radius 3 is 3.00 bits per heavy atom. The van der Waals surface area contributed by atoms with Gasteiger partial charge in [-0.25, -0.2) is 9.78 Å². The van der Waals surface area contributed by atoms with Crippen molar-refractivity contribution in [3.63, 3.8) is 0 Å². The molecule has 0 atom stereocenters. The molecule has 96 valence electrons. The molecule has 2 N–H and O–H groups in total. The summed E-state index contributed by atoms with van der Waals surface area (Å²) < 4.78 is 6.45. The molecule has 1 aromatic carbocycles. The van der Waals surface area contributed by atoms with Gasteiger partial charge >= 0.3 is 5.97 Å². The van der Waals surface area contributed by atoms with E-state index >= 15 is 0 Å². The smallest absolute Gasteiger partial charge is 0.338 e. The van der Waals surface area contributed by atoms with E-state index in [2.05, 4.69) is 4.98 Å². The fourth-order valence-electron chi connectivity index (χ4n) is 1.70. The summed E-state index contributed by atoms with van der Waals surface area (Å²) in [5.74, 6) is -0.192. The Hall–Kier alpha value is -2.81. The van der Waals surface area contributed by atoms with Crippen LogP contribution in [-0.4, -0.2) is 22.1 Å². The molecule has 0 unspecified atom stereocenters. The predicted molar refractivity (Wildman–Crippen MR) is 68.6 cm³/mol. The molecule has 1 heterocycles. The molecule has 2 rings (SSSR count). The third-order valence-corrected chi connectivity index (χ3v) is 2.54. The first-order valence-corrected chi connectivity index (χ1v) is 5.67. The number of hydrogen-bond acceptors (Lipinski definition) is 5. The van der Waals surface area contributed by atoms with E-state index in [9.17, 15) is 4.79 Å². The number of nitriles is 1. The van der Waals surface area contributed by atoms with E-state index in [1.165, 1.54) is 12.3 Å². The second kappa shape index (κ2) is 5.23. The van der Waals surface area contributed by atoms with Gasteiger partial charge in [-0.3, -0.25) is 4.57 Å². The molecule has 0 saturated carbocycles. The van der Waals surface area contributed by atoms with Crippen LogP contribution in [0.2, 0.25) is 0 Å². The first-order chi connectivity index (χ1) is 9.17. The molecule has 0 fully saturated rings. The van der Waals surface area contributed by atoms with Crippen molar-refractivity contribution in [2.75, 3.05) is 12.3 Å². The van der Waals surface area contributed by atoms with Crippen molar-refractivity contribution in [1.82, 2.24) is 9.55 Å². The highest BCUT2D eigenvalue weighted by Gasteiger charge is 2.11. The number of benzene rings is 1. The summed E-state index contributed by atoms with van der Waals surface area (Å²) in [7, 11) is 0. The number of esters is 1. The Morgan fingerprint density at radius 2 is 2.37 bits per heavy atom. The van der Waals surface area contributed by atoms with Crippen LogP contribution in [0.1, 0.15) is 23.1 Å². The van der Waals surface area contributed by atoms with Crippen LogP contribution >= 0.6 is 0 Å². The number of hydrogen-bond donors (Lipinski definition) is 1. The zero-order chi connectivity index (χ0) is 13.8.